The molecule has 0 saturated heterocycles. The molecule has 0 bridgehead atoms. The van der Waals surface area contributed by atoms with E-state index in [-0.39, 0.29) is 5.54 Å². The standard InChI is InChI=1S/C17H26N4/c1-17(2,3)19-12-14-8-6-7-9-15(14)21(5)13-16-18-10-11-20(16)4/h6-11,19H,12-13H2,1-5H3. The summed E-state index contributed by atoms with van der Waals surface area (Å²) in [6.45, 7) is 8.23. The highest BCUT2D eigenvalue weighted by molar-refractivity contribution is 5.53. The van der Waals surface area contributed by atoms with Crippen molar-refractivity contribution in [3.63, 3.8) is 0 Å². The fraction of sp³-hybridized carbons (Fsp3) is 0.471. The second-order valence-corrected chi connectivity index (χ2v) is 6.54. The summed E-state index contributed by atoms with van der Waals surface area (Å²) in [4.78, 5) is 6.65. The Hall–Kier alpha value is -1.81. The quantitative estimate of drug-likeness (QED) is 0.917. The molecule has 0 aliphatic heterocycles. The predicted octanol–water partition coefficient (Wildman–Crippen LogP) is 2.94. The van der Waals surface area contributed by atoms with Gasteiger partial charge in [0.2, 0.25) is 0 Å². The first-order chi connectivity index (χ1) is 9.87. The van der Waals surface area contributed by atoms with Crippen LogP contribution in [-0.4, -0.2) is 22.1 Å². The number of aromatic nitrogens is 2. The number of hydrogen-bond donors (Lipinski definition) is 1. The number of rotatable bonds is 5. The number of nitrogens with zero attached hydrogens (tertiary/aromatic N) is 3. The van der Waals surface area contributed by atoms with Gasteiger partial charge >= 0.3 is 0 Å². The molecule has 0 fully saturated rings. The van der Waals surface area contributed by atoms with Crippen LogP contribution >= 0.6 is 0 Å². The van der Waals surface area contributed by atoms with Gasteiger partial charge in [0.15, 0.2) is 0 Å². The number of hydrogen-bond acceptors (Lipinski definition) is 3. The summed E-state index contributed by atoms with van der Waals surface area (Å²) >= 11 is 0. The second kappa shape index (κ2) is 6.31. The number of imidazole rings is 1. The molecule has 1 heterocycles. The van der Waals surface area contributed by atoms with E-state index in [1.165, 1.54) is 11.3 Å². The zero-order valence-electron chi connectivity index (χ0n) is 13.7. The largest absolute Gasteiger partial charge is 0.367 e. The summed E-state index contributed by atoms with van der Waals surface area (Å²) in [6.07, 6.45) is 3.83. The van der Waals surface area contributed by atoms with E-state index < -0.39 is 0 Å². The minimum Gasteiger partial charge on any atom is -0.367 e. The van der Waals surface area contributed by atoms with Gasteiger partial charge < -0.3 is 14.8 Å². The van der Waals surface area contributed by atoms with E-state index in [0.717, 1.165) is 18.9 Å². The van der Waals surface area contributed by atoms with Gasteiger partial charge in [0, 0.05) is 44.3 Å². The van der Waals surface area contributed by atoms with Crippen LogP contribution in [0.3, 0.4) is 0 Å². The molecule has 1 aromatic carbocycles. The lowest BCUT2D eigenvalue weighted by atomic mass is 10.1. The molecule has 4 nitrogen and oxygen atoms in total. The molecule has 1 N–H and O–H groups in total. The fourth-order valence-corrected chi connectivity index (χ4v) is 2.24. The van der Waals surface area contributed by atoms with Crippen molar-refractivity contribution < 1.29 is 0 Å². The third kappa shape index (κ3) is 4.33. The van der Waals surface area contributed by atoms with Gasteiger partial charge in [-0.25, -0.2) is 4.98 Å². The molecular formula is C17H26N4. The maximum absolute atomic E-state index is 4.40. The Balaban J connectivity index is 2.13. The zero-order valence-corrected chi connectivity index (χ0v) is 13.7. The Morgan fingerprint density at radius 1 is 1.24 bits per heavy atom. The highest BCUT2D eigenvalue weighted by Gasteiger charge is 2.13. The highest BCUT2D eigenvalue weighted by Crippen LogP contribution is 2.21. The van der Waals surface area contributed by atoms with Gasteiger partial charge in [-0.05, 0) is 32.4 Å². The van der Waals surface area contributed by atoms with Crippen LogP contribution in [0.1, 0.15) is 32.2 Å². The van der Waals surface area contributed by atoms with Crippen LogP contribution in [0.2, 0.25) is 0 Å². The predicted molar refractivity (Wildman–Crippen MR) is 88.3 cm³/mol. The lowest BCUT2D eigenvalue weighted by molar-refractivity contribution is 0.424. The van der Waals surface area contributed by atoms with Crippen molar-refractivity contribution in [3.05, 3.63) is 48.0 Å². The Labute approximate surface area is 127 Å². The van der Waals surface area contributed by atoms with Crippen LogP contribution < -0.4 is 10.2 Å². The average molecular weight is 286 g/mol. The monoisotopic (exact) mass is 286 g/mol. The molecule has 0 aliphatic carbocycles. The van der Waals surface area contributed by atoms with Crippen LogP contribution in [0, 0.1) is 0 Å². The number of nitrogens with one attached hydrogen (secondary N) is 1. The lowest BCUT2D eigenvalue weighted by Gasteiger charge is -2.25. The summed E-state index contributed by atoms with van der Waals surface area (Å²) in [5, 5.41) is 3.56. The van der Waals surface area contributed by atoms with Gasteiger partial charge in [0.1, 0.15) is 5.82 Å². The van der Waals surface area contributed by atoms with Gasteiger partial charge in [-0.15, -0.1) is 0 Å². The second-order valence-electron chi connectivity index (χ2n) is 6.54. The molecule has 1 aromatic heterocycles. The minimum atomic E-state index is 0.116. The van der Waals surface area contributed by atoms with E-state index in [4.69, 9.17) is 0 Å². The van der Waals surface area contributed by atoms with Gasteiger partial charge in [-0.3, -0.25) is 0 Å². The number of benzene rings is 1. The molecule has 0 unspecified atom stereocenters. The van der Waals surface area contributed by atoms with Crippen molar-refractivity contribution in [1.29, 1.82) is 0 Å². The van der Waals surface area contributed by atoms with Crippen molar-refractivity contribution in [2.45, 2.75) is 39.4 Å². The van der Waals surface area contributed by atoms with E-state index in [1.807, 2.05) is 19.4 Å². The van der Waals surface area contributed by atoms with Crippen molar-refractivity contribution >= 4 is 5.69 Å². The van der Waals surface area contributed by atoms with E-state index in [0.29, 0.717) is 0 Å². The van der Waals surface area contributed by atoms with E-state index in [2.05, 4.69) is 71.9 Å². The molecule has 21 heavy (non-hydrogen) atoms. The summed E-state index contributed by atoms with van der Waals surface area (Å²) < 4.78 is 2.06. The summed E-state index contributed by atoms with van der Waals surface area (Å²) in [6, 6.07) is 8.54. The normalized spacial score (nSPS) is 11.7. The van der Waals surface area contributed by atoms with Crippen LogP contribution in [0.5, 0.6) is 0 Å². The maximum atomic E-state index is 4.40. The van der Waals surface area contributed by atoms with Gasteiger partial charge in [-0.2, -0.15) is 0 Å². The van der Waals surface area contributed by atoms with Crippen LogP contribution in [0.15, 0.2) is 36.7 Å². The average Bonchev–Trinajstić information content (AvgIpc) is 2.81. The van der Waals surface area contributed by atoms with Crippen LogP contribution in [0.4, 0.5) is 5.69 Å². The van der Waals surface area contributed by atoms with Crippen molar-refractivity contribution in [2.24, 2.45) is 7.05 Å². The number of aryl methyl sites for hydroxylation is 1. The number of anilines is 1. The summed E-state index contributed by atoms with van der Waals surface area (Å²) in [5.74, 6) is 1.07. The Morgan fingerprint density at radius 2 is 1.95 bits per heavy atom. The molecule has 0 amide bonds. The Morgan fingerprint density at radius 3 is 2.57 bits per heavy atom. The summed E-state index contributed by atoms with van der Waals surface area (Å²) in [7, 11) is 4.15. The molecule has 0 aliphatic rings. The third-order valence-corrected chi connectivity index (χ3v) is 3.51. The summed E-state index contributed by atoms with van der Waals surface area (Å²) in [5.41, 5.74) is 2.67. The first kappa shape index (κ1) is 15.6. The SMILES string of the molecule is CN(Cc1nccn1C)c1ccccc1CNC(C)(C)C. The highest BCUT2D eigenvalue weighted by atomic mass is 15.2. The molecular weight excluding hydrogens is 260 g/mol. The molecule has 0 atom stereocenters. The van der Waals surface area contributed by atoms with Gasteiger partial charge in [-0.1, -0.05) is 18.2 Å². The molecule has 2 aromatic rings. The van der Waals surface area contributed by atoms with Gasteiger partial charge in [0.25, 0.3) is 0 Å². The van der Waals surface area contributed by atoms with Crippen molar-refractivity contribution in [1.82, 2.24) is 14.9 Å². The van der Waals surface area contributed by atoms with Crippen molar-refractivity contribution in [2.75, 3.05) is 11.9 Å². The molecule has 2 rings (SSSR count). The van der Waals surface area contributed by atoms with E-state index in [1.54, 1.807) is 0 Å². The molecule has 0 spiro atoms. The molecule has 114 valence electrons. The minimum absolute atomic E-state index is 0.116. The smallest absolute Gasteiger partial charge is 0.127 e. The Bertz CT molecular complexity index is 580. The van der Waals surface area contributed by atoms with Gasteiger partial charge in [0.05, 0.1) is 6.54 Å². The third-order valence-electron chi connectivity index (χ3n) is 3.51. The van der Waals surface area contributed by atoms with Crippen molar-refractivity contribution in [3.8, 4) is 0 Å². The number of para-hydroxylation sites is 1. The van der Waals surface area contributed by atoms with E-state index >= 15 is 0 Å². The fourth-order valence-electron chi connectivity index (χ4n) is 2.24. The topological polar surface area (TPSA) is 33.1 Å². The first-order valence-corrected chi connectivity index (χ1v) is 7.37. The van der Waals surface area contributed by atoms with Crippen LogP contribution in [0.25, 0.3) is 0 Å². The van der Waals surface area contributed by atoms with E-state index in [9.17, 15) is 0 Å². The first-order valence-electron chi connectivity index (χ1n) is 7.37. The Kier molecular flexibility index (Phi) is 4.68. The van der Waals surface area contributed by atoms with Crippen LogP contribution in [-0.2, 0) is 20.1 Å². The molecule has 0 radical (unpaired) electrons. The molecule has 4 heteroatoms. The lowest BCUT2D eigenvalue weighted by Crippen LogP contribution is -2.35. The maximum Gasteiger partial charge on any atom is 0.127 e. The molecule has 0 saturated carbocycles. The zero-order chi connectivity index (χ0) is 15.5.